The van der Waals surface area contributed by atoms with Gasteiger partial charge in [0.1, 0.15) is 48.6 Å². The minimum Gasteiger partial charge on any atom is -0.449 e. The smallest absolute Gasteiger partial charge is 0.411 e. The Labute approximate surface area is 855 Å². The maximum absolute atomic E-state index is 12.0. The predicted molar refractivity (Wildman–Crippen MR) is 565 cm³/mol. The zero-order valence-electron chi connectivity index (χ0n) is 86.9. The minimum absolute atomic E-state index is 0.0949. The molecular formula is C103H134N32O12. The van der Waals surface area contributed by atoms with E-state index in [1.165, 1.54) is 0 Å². The van der Waals surface area contributed by atoms with Crippen molar-refractivity contribution in [3.8, 4) is 22.7 Å². The van der Waals surface area contributed by atoms with Gasteiger partial charge in [-0.1, -0.05) is 41.5 Å². The van der Waals surface area contributed by atoms with Crippen LogP contribution in [0.15, 0.2) is 196 Å². The molecule has 4 fully saturated rings. The van der Waals surface area contributed by atoms with Gasteiger partial charge in [-0.15, -0.1) is 20.4 Å². The van der Waals surface area contributed by atoms with Crippen molar-refractivity contribution >= 4 is 141 Å². The highest BCUT2D eigenvalue weighted by molar-refractivity contribution is 5.88. The normalized spacial score (nSPS) is 17.6. The highest BCUT2D eigenvalue weighted by atomic mass is 16.6. The molecular weight excluding hydrogens is 1880 g/mol. The van der Waals surface area contributed by atoms with Crippen molar-refractivity contribution in [2.24, 2.45) is 11.3 Å². The number of hydrogen-bond acceptors (Lipinski definition) is 32. The molecule has 0 unspecified atom stereocenters. The summed E-state index contributed by atoms with van der Waals surface area (Å²) < 4.78 is 27.2. The van der Waals surface area contributed by atoms with Crippen LogP contribution in [0.3, 0.4) is 0 Å². The van der Waals surface area contributed by atoms with Gasteiger partial charge < -0.3 is 79.4 Å². The third-order valence-electron chi connectivity index (χ3n) is 23.9. The largest absolute Gasteiger partial charge is 0.449 e. The van der Waals surface area contributed by atoms with Gasteiger partial charge in [0.05, 0.1) is 48.7 Å². The Morgan fingerprint density at radius 2 is 0.558 bits per heavy atom. The molecule has 0 radical (unpaired) electrons. The molecule has 8 atom stereocenters. The first-order chi connectivity index (χ1) is 70.2. The van der Waals surface area contributed by atoms with E-state index in [0.29, 0.717) is 119 Å². The fourth-order valence-corrected chi connectivity index (χ4v) is 17.8. The first-order valence-corrected chi connectivity index (χ1v) is 49.2. The Hall–Kier alpha value is -16.6. The molecule has 8 aromatic heterocycles. The molecule has 12 heterocycles. The number of anilines is 16. The zero-order chi connectivity index (χ0) is 105. The standard InChI is InChI=1S/C27H36N8O3.C26H34N8O3.2C25H32N8O3/c1-18-14-33(15-19(2)35(18)20(3)36)24-13-23(11-12-28-24)34-17-29-25(32-34)30-21-7-9-22(10-8-21)31-26(37)38-16-27(4,5)6;1-17(2)15-37-26(36)30-22-8-6-21(7-9-22)29-25-28-16-33(31-25)23-10-11-27-24(12-23)32-13-18(3)34(20(5)35)19(4)14-32;1-16(2)36-25(35)29-21-8-6-20(7-9-21)28-24-27-15-32(30-24)22-10-11-26-23(12-22)31-13-17(3)33(19(5)34)18(4)14-31;1-5-12-36-25(35)29-21-8-6-20(7-9-21)28-24-27-16-32(30-24)22-10-11-26-23(13-22)31-14-17(2)33(19(4)34)18(3)15-31/h7-13,17-19H,14-16H2,1-6H3,(H,30,32)(H,31,37);6-12,16-19H,13-15H2,1-5H3,(H,29,31)(H,30,36);6-12,15-18H,13-14H2,1-5H3,(H,28,30)(H,29,35);6-11,13,16-18H,5,12,14-15H2,1-4H3,(H,28,30)(H,29,35)/t2*18-,19+;2*17-,18+. The minimum atomic E-state index is -0.493. The van der Waals surface area contributed by atoms with Gasteiger partial charge in [-0.2, -0.15) is 19.9 Å². The van der Waals surface area contributed by atoms with Gasteiger partial charge in [0.15, 0.2) is 0 Å². The molecule has 16 rings (SSSR count). The third-order valence-corrected chi connectivity index (χ3v) is 23.9. The van der Waals surface area contributed by atoms with Crippen LogP contribution in [-0.2, 0) is 38.1 Å². The molecule has 12 aromatic rings. The van der Waals surface area contributed by atoms with Crippen molar-refractivity contribution in [3.05, 3.63) is 196 Å². The highest BCUT2D eigenvalue weighted by Crippen LogP contribution is 2.32. The zero-order valence-corrected chi connectivity index (χ0v) is 86.9. The lowest BCUT2D eigenvalue weighted by molar-refractivity contribution is -0.134. The predicted octanol–water partition coefficient (Wildman–Crippen LogP) is 16.1. The molecule has 0 aliphatic carbocycles. The van der Waals surface area contributed by atoms with Gasteiger partial charge in [0.2, 0.25) is 47.4 Å². The number of nitrogens with one attached hydrogen (secondary N) is 8. The van der Waals surface area contributed by atoms with Crippen LogP contribution in [0.25, 0.3) is 22.7 Å². The Bertz CT molecular complexity index is 6380. The van der Waals surface area contributed by atoms with Crippen molar-refractivity contribution in [2.45, 2.75) is 199 Å². The molecule has 8 N–H and O–H groups in total. The molecule has 4 aliphatic heterocycles. The van der Waals surface area contributed by atoms with E-state index < -0.39 is 24.4 Å². The molecule has 0 saturated carbocycles. The molecule has 44 heteroatoms. The van der Waals surface area contributed by atoms with Gasteiger partial charge in [0.25, 0.3) is 0 Å². The summed E-state index contributed by atoms with van der Waals surface area (Å²) in [6.07, 6.45) is 12.2. The van der Waals surface area contributed by atoms with Gasteiger partial charge in [-0.05, 0) is 208 Å². The topological polar surface area (TPSA) is 470 Å². The summed E-state index contributed by atoms with van der Waals surface area (Å²) in [6, 6.07) is 45.0. The summed E-state index contributed by atoms with van der Waals surface area (Å²) in [5, 5.41) is 41.6. The van der Waals surface area contributed by atoms with Crippen molar-refractivity contribution in [1.29, 1.82) is 0 Å². The summed E-state index contributed by atoms with van der Waals surface area (Å²) in [5.41, 5.74) is 8.87. The Kier molecular flexibility index (Phi) is 36.3. The number of carbonyl (C=O) groups excluding carboxylic acids is 8. The van der Waals surface area contributed by atoms with E-state index >= 15 is 0 Å². The van der Waals surface area contributed by atoms with E-state index in [-0.39, 0.29) is 89.4 Å². The molecule has 0 bridgehead atoms. The van der Waals surface area contributed by atoms with E-state index in [2.05, 4.69) is 178 Å². The van der Waals surface area contributed by atoms with Crippen LogP contribution >= 0.6 is 0 Å². The third kappa shape index (κ3) is 30.5. The lowest BCUT2D eigenvalue weighted by atomic mass is 9.99. The number of rotatable bonds is 26. The average Bonchev–Trinajstić information content (AvgIpc) is 1.80. The summed E-state index contributed by atoms with van der Waals surface area (Å²) >= 11 is 0. The Balaban J connectivity index is 0.000000164. The fourth-order valence-electron chi connectivity index (χ4n) is 17.8. The van der Waals surface area contributed by atoms with Gasteiger partial charge >= 0.3 is 24.4 Å². The summed E-state index contributed by atoms with van der Waals surface area (Å²) in [7, 11) is 0. The Morgan fingerprint density at radius 1 is 0.327 bits per heavy atom. The number of carbonyl (C=O) groups is 8. The van der Waals surface area contributed by atoms with Crippen LogP contribution in [0.4, 0.5) is 112 Å². The van der Waals surface area contributed by atoms with Crippen LogP contribution in [0.5, 0.6) is 0 Å². The average molecular weight is 2010 g/mol. The van der Waals surface area contributed by atoms with E-state index in [0.717, 1.165) is 75.2 Å². The van der Waals surface area contributed by atoms with Crippen LogP contribution in [0.1, 0.15) is 145 Å². The highest BCUT2D eigenvalue weighted by Gasteiger charge is 2.37. The van der Waals surface area contributed by atoms with Crippen molar-refractivity contribution in [3.63, 3.8) is 0 Å². The van der Waals surface area contributed by atoms with Crippen LogP contribution in [0, 0.1) is 11.3 Å². The molecule has 0 spiro atoms. The van der Waals surface area contributed by atoms with Gasteiger partial charge in [-0.25, -0.2) is 57.8 Å². The molecule has 4 aromatic carbocycles. The number of aromatic nitrogens is 16. The fraction of sp³-hybridized carbons (Fsp3) is 0.417. The maximum atomic E-state index is 12.0. The summed E-state index contributed by atoms with van der Waals surface area (Å²) in [6.45, 7) is 45.2. The summed E-state index contributed by atoms with van der Waals surface area (Å²) in [5.74, 6) is 5.74. The van der Waals surface area contributed by atoms with Crippen LogP contribution < -0.4 is 62.1 Å². The Morgan fingerprint density at radius 3 is 0.782 bits per heavy atom. The number of hydrogen-bond donors (Lipinski definition) is 8. The number of pyridine rings is 4. The lowest BCUT2D eigenvalue weighted by Gasteiger charge is -2.44. The van der Waals surface area contributed by atoms with Crippen molar-refractivity contribution in [2.75, 3.05) is 134 Å². The van der Waals surface area contributed by atoms with Crippen molar-refractivity contribution < 1.29 is 57.3 Å². The second-order valence-corrected chi connectivity index (χ2v) is 38.7. The summed E-state index contributed by atoms with van der Waals surface area (Å²) in [4.78, 5) is 147. The van der Waals surface area contributed by atoms with Gasteiger partial charge in [0, 0.05) is 223 Å². The SMILES string of the molecule is CC(=O)N1[C@H](C)CN(c2cc(-n3cnc(Nc4ccc(NC(=O)OC(C)C)cc4)n3)ccn2)C[C@@H]1C.CC(=O)N1[C@H](C)CN(c2cc(-n3cnc(Nc4ccc(NC(=O)OCC(C)(C)C)cc4)n3)ccn2)C[C@@H]1C.CC(=O)N1[C@H](C)CN(c2cc(-n3cnc(Nc4ccc(NC(=O)OCC(C)C)cc4)n3)ccn2)C[C@@H]1C.CCCOC(=O)Nc1ccc(Nc2ncn(-c3ccnc(N4C[C@@H](C)N(C(C)=O)[C@@H](C)C4)c3)n2)cc1. The number of nitrogens with zero attached hydrogens (tertiary/aromatic N) is 24. The first-order valence-electron chi connectivity index (χ1n) is 49.2. The van der Waals surface area contributed by atoms with Crippen LogP contribution in [0.2, 0.25) is 0 Å². The quantitative estimate of drug-likeness (QED) is 0.0233. The maximum Gasteiger partial charge on any atom is 0.411 e. The second-order valence-electron chi connectivity index (χ2n) is 38.7. The molecule has 147 heavy (non-hydrogen) atoms. The van der Waals surface area contributed by atoms with Crippen LogP contribution in [-0.4, -0.2) is 273 Å². The van der Waals surface area contributed by atoms with Crippen molar-refractivity contribution in [1.82, 2.24) is 98.6 Å². The molecule has 4 aliphatic rings. The number of piperazine rings is 4. The van der Waals surface area contributed by atoms with E-state index in [1.807, 2.05) is 158 Å². The molecule has 4 saturated heterocycles. The molecule has 8 amide bonds. The van der Waals surface area contributed by atoms with Gasteiger partial charge in [-0.3, -0.25) is 40.4 Å². The van der Waals surface area contributed by atoms with E-state index in [1.54, 1.807) is 159 Å². The molecule has 778 valence electrons. The first kappa shape index (κ1) is 108. The number of benzene rings is 4. The second kappa shape index (κ2) is 49.6. The number of amides is 8. The van der Waals surface area contributed by atoms with E-state index in [4.69, 9.17) is 18.9 Å². The molecule has 44 nitrogen and oxygen atoms in total. The van der Waals surface area contributed by atoms with E-state index in [9.17, 15) is 38.4 Å². The lowest BCUT2D eigenvalue weighted by Crippen LogP contribution is -2.58. The number of ether oxygens (including phenoxy) is 4. The monoisotopic (exact) mass is 2010 g/mol.